The van der Waals surface area contributed by atoms with Crippen LogP contribution in [-0.2, 0) is 22.4 Å². The second-order valence-corrected chi connectivity index (χ2v) is 6.79. The second-order valence-electron chi connectivity index (χ2n) is 5.93. The highest BCUT2D eigenvalue weighted by molar-refractivity contribution is 7.14. The lowest BCUT2D eigenvalue weighted by Crippen LogP contribution is -2.45. The summed E-state index contributed by atoms with van der Waals surface area (Å²) in [5, 5.41) is 8.63. The first-order chi connectivity index (χ1) is 11.3. The molecule has 2 aromatic rings. The molecule has 1 aromatic heterocycles. The van der Waals surface area contributed by atoms with E-state index in [4.69, 9.17) is 4.74 Å². The number of benzene rings is 1. The molecule has 1 aliphatic heterocycles. The summed E-state index contributed by atoms with van der Waals surface area (Å²) in [4.78, 5) is 16.7. The van der Waals surface area contributed by atoms with Crippen LogP contribution in [0.3, 0.4) is 0 Å². The first kappa shape index (κ1) is 17.4. The van der Waals surface area contributed by atoms with E-state index in [0.717, 1.165) is 24.2 Å². The molecule has 2 heterocycles. The normalized spacial score (nSPS) is 19.4. The van der Waals surface area contributed by atoms with Gasteiger partial charge < -0.3 is 10.1 Å². The van der Waals surface area contributed by atoms with Gasteiger partial charge in [0.15, 0.2) is 5.13 Å². The minimum atomic E-state index is -0.434. The number of thiazole rings is 1. The van der Waals surface area contributed by atoms with Crippen molar-refractivity contribution in [1.29, 1.82) is 0 Å². The zero-order valence-corrected chi connectivity index (χ0v) is 14.8. The second kappa shape index (κ2) is 7.61. The number of aryl methyl sites for hydroxylation is 2. The molecule has 1 saturated heterocycles. The third-order valence-corrected chi connectivity index (χ3v) is 5.11. The van der Waals surface area contributed by atoms with E-state index in [-0.39, 0.29) is 18.3 Å². The van der Waals surface area contributed by atoms with Crippen molar-refractivity contribution in [2.75, 3.05) is 25.0 Å². The minimum Gasteiger partial charge on any atom is -0.366 e. The van der Waals surface area contributed by atoms with Crippen molar-refractivity contribution < 1.29 is 9.53 Å². The number of carbonyl (C=O) groups is 1. The Morgan fingerprint density at radius 1 is 1.33 bits per heavy atom. The summed E-state index contributed by atoms with van der Waals surface area (Å²) in [7, 11) is 0. The smallest absolute Gasteiger partial charge is 0.256 e. The number of amides is 1. The molecule has 1 amide bonds. The first-order valence-corrected chi connectivity index (χ1v) is 8.88. The molecular formula is C17H20ClN3O2S. The molecule has 2 aliphatic rings. The maximum absolute atomic E-state index is 12.2. The third kappa shape index (κ3) is 3.62. The average Bonchev–Trinajstić information content (AvgIpc) is 3.23. The summed E-state index contributed by atoms with van der Waals surface area (Å²) in [5.74, 6) is -0.132. The van der Waals surface area contributed by atoms with Crippen molar-refractivity contribution in [3.05, 3.63) is 34.7 Å². The van der Waals surface area contributed by atoms with Crippen LogP contribution in [0.1, 0.15) is 17.5 Å². The number of nitrogens with zero attached hydrogens (tertiary/aromatic N) is 1. The van der Waals surface area contributed by atoms with Gasteiger partial charge in [-0.1, -0.05) is 12.1 Å². The fraction of sp³-hybridized carbons (Fsp3) is 0.412. The number of anilines is 1. The molecular weight excluding hydrogens is 346 g/mol. The van der Waals surface area contributed by atoms with Crippen molar-refractivity contribution in [2.45, 2.75) is 25.4 Å². The highest BCUT2D eigenvalue weighted by Gasteiger charge is 2.22. The quantitative estimate of drug-likeness (QED) is 0.877. The molecule has 0 radical (unpaired) electrons. The Morgan fingerprint density at radius 2 is 2.21 bits per heavy atom. The van der Waals surface area contributed by atoms with Gasteiger partial charge in [-0.05, 0) is 36.5 Å². The topological polar surface area (TPSA) is 63.2 Å². The number of rotatable bonds is 3. The van der Waals surface area contributed by atoms with Gasteiger partial charge in [-0.3, -0.25) is 10.1 Å². The van der Waals surface area contributed by atoms with Gasteiger partial charge >= 0.3 is 0 Å². The van der Waals surface area contributed by atoms with Crippen LogP contribution in [0.2, 0.25) is 0 Å². The number of halogens is 1. The van der Waals surface area contributed by atoms with Crippen LogP contribution in [0.25, 0.3) is 11.3 Å². The van der Waals surface area contributed by atoms with E-state index >= 15 is 0 Å². The SMILES string of the molecule is Cl.O=C(Nc1nc(-c2ccc3c(c2)CCC3)cs1)[C@H]1CNCCO1. The predicted octanol–water partition coefficient (Wildman–Crippen LogP) is 2.65. The van der Waals surface area contributed by atoms with Gasteiger partial charge in [-0.2, -0.15) is 0 Å². The first-order valence-electron chi connectivity index (χ1n) is 8.00. The van der Waals surface area contributed by atoms with E-state index in [2.05, 4.69) is 33.8 Å². The lowest BCUT2D eigenvalue weighted by atomic mass is 10.1. The fourth-order valence-corrected chi connectivity index (χ4v) is 3.84. The Balaban J connectivity index is 0.00000169. The van der Waals surface area contributed by atoms with E-state index in [1.807, 2.05) is 5.38 Å². The Bertz CT molecular complexity index is 728. The Labute approximate surface area is 151 Å². The Morgan fingerprint density at radius 3 is 3.04 bits per heavy atom. The van der Waals surface area contributed by atoms with E-state index in [1.54, 1.807) is 0 Å². The predicted molar refractivity (Wildman–Crippen MR) is 98.1 cm³/mol. The van der Waals surface area contributed by atoms with E-state index < -0.39 is 6.10 Å². The molecule has 7 heteroatoms. The van der Waals surface area contributed by atoms with E-state index in [9.17, 15) is 4.79 Å². The molecule has 0 saturated carbocycles. The van der Waals surface area contributed by atoms with Gasteiger partial charge in [0.1, 0.15) is 6.10 Å². The zero-order chi connectivity index (χ0) is 15.6. The number of hydrogen-bond acceptors (Lipinski definition) is 5. The summed E-state index contributed by atoms with van der Waals surface area (Å²) in [6.45, 7) is 1.91. The van der Waals surface area contributed by atoms with Gasteiger partial charge in [0, 0.05) is 24.0 Å². The zero-order valence-electron chi connectivity index (χ0n) is 13.2. The molecule has 24 heavy (non-hydrogen) atoms. The number of ether oxygens (including phenoxy) is 1. The molecule has 1 aliphatic carbocycles. The number of morpholine rings is 1. The summed E-state index contributed by atoms with van der Waals surface area (Å²) in [6, 6.07) is 6.56. The monoisotopic (exact) mass is 365 g/mol. The number of fused-ring (bicyclic) bond motifs is 1. The van der Waals surface area contributed by atoms with Gasteiger partial charge in [0.2, 0.25) is 0 Å². The molecule has 128 valence electrons. The van der Waals surface area contributed by atoms with Gasteiger partial charge in [0.25, 0.3) is 5.91 Å². The molecule has 0 unspecified atom stereocenters. The van der Waals surface area contributed by atoms with Crippen molar-refractivity contribution in [2.24, 2.45) is 0 Å². The van der Waals surface area contributed by atoms with Crippen molar-refractivity contribution in [3.8, 4) is 11.3 Å². The Kier molecular flexibility index (Phi) is 5.50. The maximum Gasteiger partial charge on any atom is 0.256 e. The van der Waals surface area contributed by atoms with Gasteiger partial charge in [0.05, 0.1) is 12.3 Å². The van der Waals surface area contributed by atoms with E-state index in [0.29, 0.717) is 18.3 Å². The van der Waals surface area contributed by atoms with Crippen molar-refractivity contribution in [1.82, 2.24) is 10.3 Å². The lowest BCUT2D eigenvalue weighted by Gasteiger charge is -2.22. The number of aromatic nitrogens is 1. The highest BCUT2D eigenvalue weighted by Crippen LogP contribution is 2.30. The van der Waals surface area contributed by atoms with Crippen molar-refractivity contribution >= 4 is 34.8 Å². The average molecular weight is 366 g/mol. The maximum atomic E-state index is 12.2. The molecule has 1 fully saturated rings. The van der Waals surface area contributed by atoms with Crippen LogP contribution < -0.4 is 10.6 Å². The van der Waals surface area contributed by atoms with Gasteiger partial charge in [-0.15, -0.1) is 23.7 Å². The minimum absolute atomic E-state index is 0. The summed E-state index contributed by atoms with van der Waals surface area (Å²) in [5.41, 5.74) is 4.93. The van der Waals surface area contributed by atoms with Gasteiger partial charge in [-0.25, -0.2) is 4.98 Å². The van der Waals surface area contributed by atoms with Crippen LogP contribution in [0.5, 0.6) is 0 Å². The molecule has 2 N–H and O–H groups in total. The molecule has 5 nitrogen and oxygen atoms in total. The summed E-state index contributed by atoms with van der Waals surface area (Å²) >= 11 is 1.45. The summed E-state index contributed by atoms with van der Waals surface area (Å²) < 4.78 is 5.46. The van der Waals surface area contributed by atoms with Crippen LogP contribution in [0.4, 0.5) is 5.13 Å². The number of carbonyl (C=O) groups excluding carboxylic acids is 1. The fourth-order valence-electron chi connectivity index (χ4n) is 3.11. The molecule has 0 spiro atoms. The number of nitrogens with one attached hydrogen (secondary N) is 2. The Hall–Kier alpha value is -1.47. The van der Waals surface area contributed by atoms with Crippen LogP contribution in [0, 0.1) is 0 Å². The molecule has 1 aromatic carbocycles. The lowest BCUT2D eigenvalue weighted by molar-refractivity contribution is -0.128. The summed E-state index contributed by atoms with van der Waals surface area (Å²) in [6.07, 6.45) is 3.15. The molecule has 0 bridgehead atoms. The van der Waals surface area contributed by atoms with Crippen LogP contribution in [-0.4, -0.2) is 36.7 Å². The largest absolute Gasteiger partial charge is 0.366 e. The third-order valence-electron chi connectivity index (χ3n) is 4.35. The molecule has 1 atom stereocenters. The van der Waals surface area contributed by atoms with Crippen molar-refractivity contribution in [3.63, 3.8) is 0 Å². The highest BCUT2D eigenvalue weighted by atomic mass is 35.5. The standard InChI is InChI=1S/C17H19N3O2S.ClH/c21-16(15-9-18-6-7-22-15)20-17-19-14(10-23-17)13-5-4-11-2-1-3-12(11)8-13;/h4-5,8,10,15,18H,1-3,6-7,9H2,(H,19,20,21);1H/t15-;/m1./s1. The number of hydrogen-bond donors (Lipinski definition) is 2. The van der Waals surface area contributed by atoms with Crippen LogP contribution in [0.15, 0.2) is 23.6 Å². The van der Waals surface area contributed by atoms with Crippen LogP contribution >= 0.6 is 23.7 Å². The van der Waals surface area contributed by atoms with E-state index in [1.165, 1.54) is 35.3 Å². The molecule has 4 rings (SSSR count).